The van der Waals surface area contributed by atoms with Crippen LogP contribution in [0.2, 0.25) is 0 Å². The molecule has 1 heteroatoms. The molecule has 27 heavy (non-hydrogen) atoms. The van der Waals surface area contributed by atoms with Gasteiger partial charge in [-0.3, -0.25) is 0 Å². The third-order valence-electron chi connectivity index (χ3n) is 7.40. The normalized spacial score (nSPS) is 27.9. The van der Waals surface area contributed by atoms with E-state index in [1.54, 1.807) is 0 Å². The molecule has 0 aliphatic heterocycles. The standard InChI is InChI=1S/C26H33N/c1-2-3-4-5-19-6-8-23-16-25(12-10-21(23)14-19)26-13-11-22-15-20(18-27)7-9-24(22)17-26/h7,9,11,13,15,17,19,21,23,25H,2-6,8,10,12,14,16H2,1H3. The molecule has 0 radical (unpaired) electrons. The van der Waals surface area contributed by atoms with Crippen LogP contribution in [0.4, 0.5) is 0 Å². The topological polar surface area (TPSA) is 23.8 Å². The molecule has 2 aliphatic rings. The number of hydrogen-bond donors (Lipinski definition) is 0. The quantitative estimate of drug-likeness (QED) is 0.504. The van der Waals surface area contributed by atoms with E-state index in [1.165, 1.54) is 80.5 Å². The van der Waals surface area contributed by atoms with Gasteiger partial charge in [0.2, 0.25) is 0 Å². The maximum atomic E-state index is 9.09. The molecule has 0 spiro atoms. The minimum absolute atomic E-state index is 0.739. The van der Waals surface area contributed by atoms with Crippen LogP contribution in [0.5, 0.6) is 0 Å². The van der Waals surface area contributed by atoms with Gasteiger partial charge in [0.1, 0.15) is 0 Å². The molecule has 0 aromatic heterocycles. The SMILES string of the molecule is CCCCCC1CCC2CC(c3ccc4cc(C#N)ccc4c3)CCC2C1. The van der Waals surface area contributed by atoms with Gasteiger partial charge in [0, 0.05) is 0 Å². The summed E-state index contributed by atoms with van der Waals surface area (Å²) in [6, 6.07) is 15.3. The second-order valence-corrected chi connectivity index (χ2v) is 9.14. The second-order valence-electron chi connectivity index (χ2n) is 9.14. The van der Waals surface area contributed by atoms with Gasteiger partial charge in [-0.15, -0.1) is 0 Å². The highest BCUT2D eigenvalue weighted by Crippen LogP contribution is 2.48. The molecule has 2 fully saturated rings. The smallest absolute Gasteiger partial charge is 0.0991 e. The lowest BCUT2D eigenvalue weighted by atomic mass is 9.63. The molecule has 4 atom stereocenters. The Hall–Kier alpha value is -1.81. The number of hydrogen-bond acceptors (Lipinski definition) is 1. The van der Waals surface area contributed by atoms with Gasteiger partial charge >= 0.3 is 0 Å². The first kappa shape index (κ1) is 18.5. The molecule has 1 nitrogen and oxygen atoms in total. The lowest BCUT2D eigenvalue weighted by Gasteiger charge is -2.42. The highest BCUT2D eigenvalue weighted by molar-refractivity contribution is 5.84. The summed E-state index contributed by atoms with van der Waals surface area (Å²) in [7, 11) is 0. The van der Waals surface area contributed by atoms with Gasteiger partial charge in [-0.05, 0) is 84.2 Å². The molecule has 0 amide bonds. The van der Waals surface area contributed by atoms with E-state index in [0.29, 0.717) is 0 Å². The average molecular weight is 360 g/mol. The summed E-state index contributed by atoms with van der Waals surface area (Å²) in [5.74, 6) is 3.72. The molecule has 4 unspecified atom stereocenters. The molecule has 4 rings (SSSR count). The van der Waals surface area contributed by atoms with Crippen molar-refractivity contribution in [1.29, 1.82) is 5.26 Å². The van der Waals surface area contributed by atoms with Gasteiger partial charge in [-0.1, -0.05) is 63.3 Å². The minimum atomic E-state index is 0.739. The van der Waals surface area contributed by atoms with E-state index in [4.69, 9.17) is 5.26 Å². The van der Waals surface area contributed by atoms with Crippen LogP contribution < -0.4 is 0 Å². The van der Waals surface area contributed by atoms with Crippen LogP contribution in [0.25, 0.3) is 10.8 Å². The molecule has 2 saturated carbocycles. The zero-order chi connectivity index (χ0) is 18.6. The largest absolute Gasteiger partial charge is 0.192 e. The van der Waals surface area contributed by atoms with Crippen LogP contribution in [0.1, 0.15) is 88.2 Å². The fourth-order valence-electron chi connectivity index (χ4n) is 5.82. The Morgan fingerprint density at radius 1 is 0.889 bits per heavy atom. The summed E-state index contributed by atoms with van der Waals surface area (Å²) in [4.78, 5) is 0. The monoisotopic (exact) mass is 359 g/mol. The Morgan fingerprint density at radius 2 is 1.67 bits per heavy atom. The molecular formula is C26H33N. The Labute approximate surface area is 164 Å². The van der Waals surface area contributed by atoms with Gasteiger partial charge in [-0.2, -0.15) is 5.26 Å². The number of rotatable bonds is 5. The van der Waals surface area contributed by atoms with Gasteiger partial charge in [0.15, 0.2) is 0 Å². The van der Waals surface area contributed by atoms with Gasteiger partial charge in [0.05, 0.1) is 11.6 Å². The lowest BCUT2D eigenvalue weighted by molar-refractivity contribution is 0.113. The Bertz CT molecular complexity index is 815. The van der Waals surface area contributed by atoms with Crippen molar-refractivity contribution in [3.05, 3.63) is 47.5 Å². The van der Waals surface area contributed by atoms with Crippen molar-refractivity contribution >= 4 is 10.8 Å². The Balaban J connectivity index is 1.40. The summed E-state index contributed by atoms with van der Waals surface area (Å²) >= 11 is 0. The fraction of sp³-hybridized carbons (Fsp3) is 0.577. The van der Waals surface area contributed by atoms with E-state index in [1.807, 2.05) is 12.1 Å². The summed E-state index contributed by atoms with van der Waals surface area (Å²) in [6.45, 7) is 2.31. The number of nitriles is 1. The van der Waals surface area contributed by atoms with Crippen molar-refractivity contribution in [2.45, 2.75) is 77.0 Å². The lowest BCUT2D eigenvalue weighted by Crippen LogP contribution is -2.30. The van der Waals surface area contributed by atoms with Crippen molar-refractivity contribution in [3.63, 3.8) is 0 Å². The van der Waals surface area contributed by atoms with E-state index < -0.39 is 0 Å². The molecule has 2 aromatic rings. The third-order valence-corrected chi connectivity index (χ3v) is 7.40. The Kier molecular flexibility index (Phi) is 5.82. The number of unbranched alkanes of at least 4 members (excludes halogenated alkanes) is 2. The van der Waals surface area contributed by atoms with E-state index in [-0.39, 0.29) is 0 Å². The number of fused-ring (bicyclic) bond motifs is 2. The minimum Gasteiger partial charge on any atom is -0.192 e. The molecule has 0 heterocycles. The van der Waals surface area contributed by atoms with Crippen LogP contribution >= 0.6 is 0 Å². The molecule has 2 aliphatic carbocycles. The Morgan fingerprint density at radius 3 is 2.52 bits per heavy atom. The molecule has 2 aromatic carbocycles. The van der Waals surface area contributed by atoms with Crippen LogP contribution in [0.3, 0.4) is 0 Å². The number of nitrogens with zero attached hydrogens (tertiary/aromatic N) is 1. The van der Waals surface area contributed by atoms with Crippen molar-refractivity contribution in [2.75, 3.05) is 0 Å². The van der Waals surface area contributed by atoms with Crippen LogP contribution in [-0.2, 0) is 0 Å². The first-order chi connectivity index (χ1) is 13.3. The molecular weight excluding hydrogens is 326 g/mol. The van der Waals surface area contributed by atoms with Crippen molar-refractivity contribution in [2.24, 2.45) is 17.8 Å². The van der Waals surface area contributed by atoms with Crippen LogP contribution in [0, 0.1) is 29.1 Å². The first-order valence-electron chi connectivity index (χ1n) is 11.2. The summed E-state index contributed by atoms with van der Waals surface area (Å²) in [5, 5.41) is 11.6. The second kappa shape index (κ2) is 8.47. The highest BCUT2D eigenvalue weighted by atomic mass is 14.4. The molecule has 142 valence electrons. The first-order valence-corrected chi connectivity index (χ1v) is 11.2. The highest BCUT2D eigenvalue weighted by Gasteiger charge is 2.35. The van der Waals surface area contributed by atoms with Crippen molar-refractivity contribution in [1.82, 2.24) is 0 Å². The fourth-order valence-corrected chi connectivity index (χ4v) is 5.82. The van der Waals surface area contributed by atoms with Gasteiger partial charge < -0.3 is 0 Å². The van der Waals surface area contributed by atoms with Crippen molar-refractivity contribution < 1.29 is 0 Å². The van der Waals surface area contributed by atoms with Crippen LogP contribution in [-0.4, -0.2) is 0 Å². The summed E-state index contributed by atoms with van der Waals surface area (Å²) in [6.07, 6.45) is 14.4. The van der Waals surface area contributed by atoms with Crippen molar-refractivity contribution in [3.8, 4) is 6.07 Å². The zero-order valence-electron chi connectivity index (χ0n) is 16.8. The predicted octanol–water partition coefficient (Wildman–Crippen LogP) is 7.59. The van der Waals surface area contributed by atoms with E-state index >= 15 is 0 Å². The predicted molar refractivity (Wildman–Crippen MR) is 114 cm³/mol. The van der Waals surface area contributed by atoms with Gasteiger partial charge in [0.25, 0.3) is 0 Å². The molecule has 0 N–H and O–H groups in total. The summed E-state index contributed by atoms with van der Waals surface area (Å²) in [5.41, 5.74) is 2.28. The summed E-state index contributed by atoms with van der Waals surface area (Å²) < 4.78 is 0. The van der Waals surface area contributed by atoms with E-state index in [2.05, 4.69) is 37.3 Å². The third kappa shape index (κ3) is 4.21. The number of benzene rings is 2. The van der Waals surface area contributed by atoms with E-state index in [0.717, 1.165) is 29.2 Å². The molecule has 0 bridgehead atoms. The maximum Gasteiger partial charge on any atom is 0.0991 e. The van der Waals surface area contributed by atoms with E-state index in [9.17, 15) is 0 Å². The zero-order valence-corrected chi connectivity index (χ0v) is 16.8. The molecule has 0 saturated heterocycles. The van der Waals surface area contributed by atoms with Gasteiger partial charge in [-0.25, -0.2) is 0 Å². The maximum absolute atomic E-state index is 9.09. The average Bonchev–Trinajstić information content (AvgIpc) is 2.72. The van der Waals surface area contributed by atoms with Crippen LogP contribution in [0.15, 0.2) is 36.4 Å².